The second kappa shape index (κ2) is 4.93. The zero-order chi connectivity index (χ0) is 14.3. The van der Waals surface area contributed by atoms with Crippen LogP contribution in [-0.4, -0.2) is 16.9 Å². The average Bonchev–Trinajstić information content (AvgIpc) is 2.75. The van der Waals surface area contributed by atoms with Crippen molar-refractivity contribution in [3.8, 4) is 0 Å². The van der Waals surface area contributed by atoms with Gasteiger partial charge in [-0.05, 0) is 43.0 Å². The molecule has 0 saturated carbocycles. The Bertz CT molecular complexity index is 660. The molecule has 1 aliphatic carbocycles. The van der Waals surface area contributed by atoms with E-state index in [0.29, 0.717) is 0 Å². The molecule has 1 amide bonds. The number of fused-ring (bicyclic) bond motifs is 3. The van der Waals surface area contributed by atoms with Crippen molar-refractivity contribution in [3.63, 3.8) is 0 Å². The average molecular weight is 274 g/mol. The Balaban J connectivity index is 1.87. The second-order valence-corrected chi connectivity index (χ2v) is 5.88. The molecule has 1 unspecified atom stereocenters. The van der Waals surface area contributed by atoms with Crippen LogP contribution in [0.3, 0.4) is 0 Å². The lowest BCUT2D eigenvalue weighted by Crippen LogP contribution is -2.40. The fraction of sp³-hybridized carbons (Fsp3) is 0.438. The van der Waals surface area contributed by atoms with Gasteiger partial charge in [-0.3, -0.25) is 4.79 Å². The molecule has 0 bridgehead atoms. The predicted molar refractivity (Wildman–Crippen MR) is 77.1 cm³/mol. The quantitative estimate of drug-likeness (QED) is 0.869. The van der Waals surface area contributed by atoms with Crippen LogP contribution < -0.4 is 5.32 Å². The first-order chi connectivity index (χ1) is 9.54. The van der Waals surface area contributed by atoms with Gasteiger partial charge in [-0.25, -0.2) is 4.39 Å². The summed E-state index contributed by atoms with van der Waals surface area (Å²) in [4.78, 5) is 15.1. The first-order valence-electron chi connectivity index (χ1n) is 7.14. The molecule has 2 aromatic rings. The molecule has 1 aromatic heterocycles. The first-order valence-corrected chi connectivity index (χ1v) is 7.14. The van der Waals surface area contributed by atoms with E-state index < -0.39 is 0 Å². The van der Waals surface area contributed by atoms with E-state index in [2.05, 4.69) is 10.3 Å². The zero-order valence-electron chi connectivity index (χ0n) is 11.8. The Labute approximate surface area is 117 Å². The summed E-state index contributed by atoms with van der Waals surface area (Å²) in [6.45, 7) is 3.80. The maximum atomic E-state index is 13.3. The Kier molecular flexibility index (Phi) is 3.24. The van der Waals surface area contributed by atoms with Gasteiger partial charge in [0.1, 0.15) is 5.82 Å². The van der Waals surface area contributed by atoms with Crippen molar-refractivity contribution in [2.75, 3.05) is 0 Å². The normalized spacial score (nSPS) is 18.3. The number of hydrogen-bond donors (Lipinski definition) is 2. The van der Waals surface area contributed by atoms with Crippen molar-refractivity contribution >= 4 is 16.8 Å². The van der Waals surface area contributed by atoms with Crippen LogP contribution in [0.4, 0.5) is 4.39 Å². The van der Waals surface area contributed by atoms with Gasteiger partial charge in [-0.1, -0.05) is 13.8 Å². The third-order valence-electron chi connectivity index (χ3n) is 4.02. The smallest absolute Gasteiger partial charge is 0.222 e. The van der Waals surface area contributed by atoms with Gasteiger partial charge in [0.05, 0.1) is 0 Å². The lowest BCUT2D eigenvalue weighted by Gasteiger charge is -2.24. The Hall–Kier alpha value is -1.84. The number of halogens is 1. The SMILES string of the molecule is CC(C)C(=O)NC1CCc2[nH]c3cc(F)ccc3c2C1. The van der Waals surface area contributed by atoms with Gasteiger partial charge in [0.25, 0.3) is 0 Å². The summed E-state index contributed by atoms with van der Waals surface area (Å²) in [7, 11) is 0. The number of carbonyl (C=O) groups excluding carboxylic acids is 1. The van der Waals surface area contributed by atoms with Gasteiger partial charge in [0.2, 0.25) is 5.91 Å². The van der Waals surface area contributed by atoms with Gasteiger partial charge in [0, 0.05) is 28.6 Å². The Morgan fingerprint density at radius 3 is 3.00 bits per heavy atom. The number of aromatic amines is 1. The number of nitrogens with one attached hydrogen (secondary N) is 2. The van der Waals surface area contributed by atoms with Gasteiger partial charge in [-0.2, -0.15) is 0 Å². The summed E-state index contributed by atoms with van der Waals surface area (Å²) in [5, 5.41) is 4.17. The highest BCUT2D eigenvalue weighted by Crippen LogP contribution is 2.29. The Morgan fingerprint density at radius 2 is 2.25 bits per heavy atom. The van der Waals surface area contributed by atoms with Crippen LogP contribution in [0.1, 0.15) is 31.5 Å². The number of aryl methyl sites for hydroxylation is 1. The molecular formula is C16H19FN2O. The molecule has 0 spiro atoms. The topological polar surface area (TPSA) is 44.9 Å². The maximum absolute atomic E-state index is 13.3. The second-order valence-electron chi connectivity index (χ2n) is 5.88. The zero-order valence-corrected chi connectivity index (χ0v) is 11.8. The highest BCUT2D eigenvalue weighted by Gasteiger charge is 2.24. The third kappa shape index (κ3) is 2.30. The fourth-order valence-electron chi connectivity index (χ4n) is 2.89. The van der Waals surface area contributed by atoms with E-state index in [-0.39, 0.29) is 23.7 Å². The molecule has 0 radical (unpaired) electrons. The van der Waals surface area contributed by atoms with Gasteiger partial charge >= 0.3 is 0 Å². The van der Waals surface area contributed by atoms with Crippen LogP contribution in [0.5, 0.6) is 0 Å². The van der Waals surface area contributed by atoms with E-state index in [4.69, 9.17) is 0 Å². The van der Waals surface area contributed by atoms with Gasteiger partial charge in [0.15, 0.2) is 0 Å². The van der Waals surface area contributed by atoms with Crippen LogP contribution in [-0.2, 0) is 17.6 Å². The highest BCUT2D eigenvalue weighted by atomic mass is 19.1. The molecule has 20 heavy (non-hydrogen) atoms. The van der Waals surface area contributed by atoms with E-state index in [9.17, 15) is 9.18 Å². The van der Waals surface area contributed by atoms with E-state index >= 15 is 0 Å². The van der Waals surface area contributed by atoms with Crippen molar-refractivity contribution in [1.29, 1.82) is 0 Å². The van der Waals surface area contributed by atoms with E-state index in [1.54, 1.807) is 0 Å². The number of carbonyl (C=O) groups is 1. The summed E-state index contributed by atoms with van der Waals surface area (Å²) < 4.78 is 13.3. The molecule has 3 rings (SSSR count). The molecule has 1 heterocycles. The molecule has 0 fully saturated rings. The van der Waals surface area contributed by atoms with Crippen molar-refractivity contribution in [2.24, 2.45) is 5.92 Å². The lowest BCUT2D eigenvalue weighted by atomic mass is 9.91. The molecule has 4 heteroatoms. The standard InChI is InChI=1S/C16H19FN2O/c1-9(2)16(20)18-11-4-6-14-13(8-11)12-5-3-10(17)7-15(12)19-14/h3,5,7,9,11,19H,4,6,8H2,1-2H3,(H,18,20). The van der Waals surface area contributed by atoms with Crippen molar-refractivity contribution in [2.45, 2.75) is 39.2 Å². The molecular weight excluding hydrogens is 255 g/mol. The largest absolute Gasteiger partial charge is 0.358 e. The minimum absolute atomic E-state index is 0.00783. The van der Waals surface area contributed by atoms with Gasteiger partial charge in [-0.15, -0.1) is 0 Å². The summed E-state index contributed by atoms with van der Waals surface area (Å²) in [5.41, 5.74) is 3.26. The van der Waals surface area contributed by atoms with Crippen LogP contribution in [0.15, 0.2) is 18.2 Å². The van der Waals surface area contributed by atoms with Crippen LogP contribution in [0, 0.1) is 11.7 Å². The van der Waals surface area contributed by atoms with Crippen LogP contribution in [0.25, 0.3) is 10.9 Å². The number of aromatic nitrogens is 1. The number of hydrogen-bond acceptors (Lipinski definition) is 1. The Morgan fingerprint density at radius 1 is 1.45 bits per heavy atom. The monoisotopic (exact) mass is 274 g/mol. The van der Waals surface area contributed by atoms with E-state index in [1.165, 1.54) is 23.4 Å². The summed E-state index contributed by atoms with van der Waals surface area (Å²) in [5.74, 6) is -0.112. The molecule has 2 N–H and O–H groups in total. The van der Waals surface area contributed by atoms with Crippen molar-refractivity contribution in [3.05, 3.63) is 35.3 Å². The first kappa shape index (κ1) is 13.2. The highest BCUT2D eigenvalue weighted by molar-refractivity contribution is 5.85. The summed E-state index contributed by atoms with van der Waals surface area (Å²) in [6.07, 6.45) is 2.65. The number of amides is 1. The molecule has 1 aliphatic rings. The van der Waals surface area contributed by atoms with E-state index in [0.717, 1.165) is 30.2 Å². The van der Waals surface area contributed by atoms with Crippen LogP contribution in [0.2, 0.25) is 0 Å². The van der Waals surface area contributed by atoms with Crippen LogP contribution >= 0.6 is 0 Å². The van der Waals surface area contributed by atoms with E-state index in [1.807, 2.05) is 19.9 Å². The third-order valence-corrected chi connectivity index (χ3v) is 4.02. The number of rotatable bonds is 2. The van der Waals surface area contributed by atoms with Gasteiger partial charge < -0.3 is 10.3 Å². The molecule has 106 valence electrons. The minimum atomic E-state index is -0.222. The molecule has 0 aliphatic heterocycles. The fourth-order valence-corrected chi connectivity index (χ4v) is 2.89. The number of H-pyrrole nitrogens is 1. The molecule has 0 saturated heterocycles. The predicted octanol–water partition coefficient (Wildman–Crippen LogP) is 2.94. The molecule has 1 atom stereocenters. The van der Waals surface area contributed by atoms with Crippen molar-refractivity contribution < 1.29 is 9.18 Å². The molecule has 1 aromatic carbocycles. The number of benzene rings is 1. The lowest BCUT2D eigenvalue weighted by molar-refractivity contribution is -0.124. The maximum Gasteiger partial charge on any atom is 0.222 e. The minimum Gasteiger partial charge on any atom is -0.358 e. The summed E-state index contributed by atoms with van der Waals surface area (Å²) >= 11 is 0. The summed E-state index contributed by atoms with van der Waals surface area (Å²) in [6, 6.07) is 5.04. The molecule has 3 nitrogen and oxygen atoms in total. The van der Waals surface area contributed by atoms with Crippen molar-refractivity contribution in [1.82, 2.24) is 10.3 Å².